The van der Waals surface area contributed by atoms with Crippen LogP contribution in [0.3, 0.4) is 0 Å². The predicted octanol–water partition coefficient (Wildman–Crippen LogP) is 1.27. The van der Waals surface area contributed by atoms with Crippen LogP contribution in [0.5, 0.6) is 0 Å². The molecule has 0 saturated heterocycles. The molecular formula is C20H22N6O3. The summed E-state index contributed by atoms with van der Waals surface area (Å²) in [5.74, 6) is -0.268. The van der Waals surface area contributed by atoms with Gasteiger partial charge >= 0.3 is 6.03 Å². The number of aromatic nitrogens is 4. The van der Waals surface area contributed by atoms with Crippen LogP contribution in [0.15, 0.2) is 61.1 Å². The molecule has 29 heavy (non-hydrogen) atoms. The molecule has 4 rings (SSSR count). The first-order chi connectivity index (χ1) is 14.1. The van der Waals surface area contributed by atoms with Crippen molar-refractivity contribution in [3.63, 3.8) is 0 Å². The Hall–Kier alpha value is -3.30. The van der Waals surface area contributed by atoms with Gasteiger partial charge in [-0.15, -0.1) is 5.10 Å². The summed E-state index contributed by atoms with van der Waals surface area (Å²) >= 11 is 0. The highest BCUT2D eigenvalue weighted by Crippen LogP contribution is 2.28. The van der Waals surface area contributed by atoms with Gasteiger partial charge in [0.1, 0.15) is 11.8 Å². The zero-order chi connectivity index (χ0) is 20.2. The molecule has 1 aromatic carbocycles. The van der Waals surface area contributed by atoms with Gasteiger partial charge in [0.05, 0.1) is 18.3 Å². The molecule has 2 heterocycles. The molecule has 4 atom stereocenters. The van der Waals surface area contributed by atoms with E-state index in [1.165, 1.54) is 0 Å². The minimum atomic E-state index is -1.05. The molecule has 150 valence electrons. The van der Waals surface area contributed by atoms with E-state index < -0.39 is 24.3 Å². The van der Waals surface area contributed by atoms with Crippen molar-refractivity contribution in [3.05, 3.63) is 61.1 Å². The normalized spacial score (nSPS) is 23.7. The third-order valence-corrected chi connectivity index (χ3v) is 5.07. The molecule has 0 radical (unpaired) electrons. The van der Waals surface area contributed by atoms with E-state index in [0.717, 1.165) is 5.56 Å². The average Bonchev–Trinajstić information content (AvgIpc) is 3.30. The van der Waals surface area contributed by atoms with Gasteiger partial charge < -0.3 is 20.8 Å². The van der Waals surface area contributed by atoms with E-state index in [1.54, 1.807) is 35.4 Å². The van der Waals surface area contributed by atoms with Crippen LogP contribution in [0.2, 0.25) is 0 Å². The molecule has 9 heteroatoms. The summed E-state index contributed by atoms with van der Waals surface area (Å²) in [7, 11) is 0. The third-order valence-electron chi connectivity index (χ3n) is 5.07. The molecular weight excluding hydrogens is 372 g/mol. The molecule has 0 aliphatic heterocycles. The Morgan fingerprint density at radius 1 is 1.14 bits per heavy atom. The Labute approximate surface area is 167 Å². The predicted molar refractivity (Wildman–Crippen MR) is 106 cm³/mol. The summed E-state index contributed by atoms with van der Waals surface area (Å²) in [6.07, 6.45) is 3.57. The number of aliphatic hydroxyl groups excluding tert-OH is 2. The minimum absolute atomic E-state index is 0.268. The molecule has 2 amide bonds. The molecule has 4 unspecified atom stereocenters. The van der Waals surface area contributed by atoms with Crippen LogP contribution in [0.4, 0.5) is 10.5 Å². The molecule has 1 fully saturated rings. The van der Waals surface area contributed by atoms with E-state index in [1.807, 2.05) is 30.3 Å². The van der Waals surface area contributed by atoms with Crippen molar-refractivity contribution < 1.29 is 15.0 Å². The number of anilines is 1. The van der Waals surface area contributed by atoms with Crippen LogP contribution >= 0.6 is 0 Å². The first-order valence-electron chi connectivity index (χ1n) is 9.39. The van der Waals surface area contributed by atoms with Gasteiger partial charge in [-0.25, -0.2) is 4.79 Å². The first-order valence-corrected chi connectivity index (χ1v) is 9.39. The van der Waals surface area contributed by atoms with E-state index in [2.05, 4.69) is 25.9 Å². The number of urea groups is 1. The number of hydrogen-bond acceptors (Lipinski definition) is 6. The SMILES string of the molecule is O=C(Nc1ccccc1)NC1CC(Cn2cc(-c3cccnc3)nn2)C(O)C1O. The molecule has 3 aromatic rings. The number of rotatable bonds is 5. The number of nitrogens with one attached hydrogen (secondary N) is 2. The van der Waals surface area contributed by atoms with Crippen LogP contribution in [-0.2, 0) is 6.54 Å². The number of pyridine rings is 1. The lowest BCUT2D eigenvalue weighted by atomic mass is 10.1. The lowest BCUT2D eigenvalue weighted by Gasteiger charge is -2.18. The van der Waals surface area contributed by atoms with Gasteiger partial charge in [0, 0.05) is 36.1 Å². The van der Waals surface area contributed by atoms with Crippen molar-refractivity contribution >= 4 is 11.7 Å². The second kappa shape index (κ2) is 8.38. The minimum Gasteiger partial charge on any atom is -0.390 e. The fourth-order valence-corrected chi connectivity index (χ4v) is 3.58. The van der Waals surface area contributed by atoms with Crippen LogP contribution in [0.1, 0.15) is 6.42 Å². The summed E-state index contributed by atoms with van der Waals surface area (Å²) in [6.45, 7) is 0.379. The smallest absolute Gasteiger partial charge is 0.319 e. The molecule has 0 bridgehead atoms. The summed E-state index contributed by atoms with van der Waals surface area (Å²) in [5, 5.41) is 34.5. The standard InChI is InChI=1S/C20H22N6O3/c27-18-14(11-26-12-17(24-25-26)13-5-4-8-21-10-13)9-16(19(18)28)23-20(29)22-15-6-2-1-3-7-15/h1-8,10,12,14,16,18-19,27-28H,9,11H2,(H2,22,23,29). The Bertz CT molecular complexity index is 949. The maximum absolute atomic E-state index is 12.2. The van der Waals surface area contributed by atoms with Gasteiger partial charge in [-0.1, -0.05) is 23.4 Å². The van der Waals surface area contributed by atoms with Crippen LogP contribution in [0.25, 0.3) is 11.3 Å². The number of carbonyl (C=O) groups is 1. The monoisotopic (exact) mass is 394 g/mol. The summed E-state index contributed by atoms with van der Waals surface area (Å²) in [4.78, 5) is 16.3. The van der Waals surface area contributed by atoms with Gasteiger partial charge in [0.2, 0.25) is 0 Å². The molecule has 9 nitrogen and oxygen atoms in total. The van der Waals surface area contributed by atoms with Crippen molar-refractivity contribution in [1.82, 2.24) is 25.3 Å². The second-order valence-electron chi connectivity index (χ2n) is 7.12. The average molecular weight is 394 g/mol. The Balaban J connectivity index is 1.36. The number of para-hydroxylation sites is 1. The Kier molecular flexibility index (Phi) is 5.50. The maximum Gasteiger partial charge on any atom is 0.319 e. The van der Waals surface area contributed by atoms with Crippen molar-refractivity contribution in [2.24, 2.45) is 5.92 Å². The molecule has 1 saturated carbocycles. The van der Waals surface area contributed by atoms with E-state index in [9.17, 15) is 15.0 Å². The lowest BCUT2D eigenvalue weighted by molar-refractivity contribution is 0.00878. The fourth-order valence-electron chi connectivity index (χ4n) is 3.58. The zero-order valence-corrected chi connectivity index (χ0v) is 15.6. The number of nitrogens with zero attached hydrogens (tertiary/aromatic N) is 4. The first kappa shape index (κ1) is 19.0. The lowest BCUT2D eigenvalue weighted by Crippen LogP contribution is -2.44. The maximum atomic E-state index is 12.2. The van der Waals surface area contributed by atoms with Crippen LogP contribution in [-0.4, -0.2) is 54.5 Å². The van der Waals surface area contributed by atoms with Crippen molar-refractivity contribution in [1.29, 1.82) is 0 Å². The third kappa shape index (κ3) is 4.41. The van der Waals surface area contributed by atoms with E-state index in [0.29, 0.717) is 24.3 Å². The van der Waals surface area contributed by atoms with E-state index in [-0.39, 0.29) is 5.92 Å². The summed E-state index contributed by atoms with van der Waals surface area (Å²) < 4.78 is 1.63. The Morgan fingerprint density at radius 2 is 1.97 bits per heavy atom. The highest BCUT2D eigenvalue weighted by atomic mass is 16.3. The number of hydrogen-bond donors (Lipinski definition) is 4. The number of benzene rings is 1. The molecule has 0 spiro atoms. The molecule has 1 aliphatic rings. The fraction of sp³-hybridized carbons (Fsp3) is 0.300. The highest BCUT2D eigenvalue weighted by molar-refractivity contribution is 5.89. The van der Waals surface area contributed by atoms with Gasteiger partial charge in [-0.05, 0) is 30.7 Å². The van der Waals surface area contributed by atoms with Gasteiger partial charge in [0.15, 0.2) is 0 Å². The van der Waals surface area contributed by atoms with Crippen molar-refractivity contribution in [2.75, 3.05) is 5.32 Å². The number of aliphatic hydroxyl groups is 2. The van der Waals surface area contributed by atoms with Crippen molar-refractivity contribution in [3.8, 4) is 11.3 Å². The highest BCUT2D eigenvalue weighted by Gasteiger charge is 2.42. The summed E-state index contributed by atoms with van der Waals surface area (Å²) in [5.41, 5.74) is 2.19. The van der Waals surface area contributed by atoms with E-state index in [4.69, 9.17) is 0 Å². The molecule has 2 aromatic heterocycles. The van der Waals surface area contributed by atoms with Crippen LogP contribution < -0.4 is 10.6 Å². The molecule has 1 aliphatic carbocycles. The van der Waals surface area contributed by atoms with E-state index >= 15 is 0 Å². The van der Waals surface area contributed by atoms with Gasteiger partial charge in [-0.2, -0.15) is 0 Å². The Morgan fingerprint density at radius 3 is 2.72 bits per heavy atom. The quantitative estimate of drug-likeness (QED) is 0.516. The molecule has 4 N–H and O–H groups in total. The summed E-state index contributed by atoms with van der Waals surface area (Å²) in [6, 6.07) is 11.8. The zero-order valence-electron chi connectivity index (χ0n) is 15.6. The number of amides is 2. The second-order valence-corrected chi connectivity index (χ2v) is 7.12. The van der Waals surface area contributed by atoms with Gasteiger partial charge in [-0.3, -0.25) is 9.67 Å². The van der Waals surface area contributed by atoms with Crippen LogP contribution in [0, 0.1) is 5.92 Å². The topological polar surface area (TPSA) is 125 Å². The largest absolute Gasteiger partial charge is 0.390 e. The van der Waals surface area contributed by atoms with Crippen molar-refractivity contribution in [2.45, 2.75) is 31.2 Å². The number of carbonyl (C=O) groups excluding carboxylic acids is 1. The van der Waals surface area contributed by atoms with Gasteiger partial charge in [0.25, 0.3) is 0 Å².